The summed E-state index contributed by atoms with van der Waals surface area (Å²) in [5.74, 6) is 1.55. The predicted molar refractivity (Wildman–Crippen MR) is 120 cm³/mol. The summed E-state index contributed by atoms with van der Waals surface area (Å²) < 4.78 is 6.98. The quantitative estimate of drug-likeness (QED) is 0.665. The van der Waals surface area contributed by atoms with Crippen LogP contribution in [-0.2, 0) is 0 Å². The Hall–Kier alpha value is -2.46. The fourth-order valence-electron chi connectivity index (χ4n) is 5.51. The number of nitrogens with one attached hydrogen (secondary N) is 1. The standard InChI is InChI=1S/C25H31N3O/c1-4-24-25(13-16-27(2)3,18-11-14-28(24)15-12-18)29-19-9-10-21-20-7-5-6-8-22(20)26-23(21)17-19/h4-10,17-18,26H,11-16H2,1-3H3. The lowest BCUT2D eigenvalue weighted by Gasteiger charge is -2.55. The average molecular weight is 390 g/mol. The highest BCUT2D eigenvalue weighted by molar-refractivity contribution is 6.07. The van der Waals surface area contributed by atoms with Crippen LogP contribution in [0, 0.1) is 5.92 Å². The zero-order chi connectivity index (χ0) is 20.0. The summed E-state index contributed by atoms with van der Waals surface area (Å²) in [7, 11) is 4.31. The van der Waals surface area contributed by atoms with E-state index in [1.807, 2.05) is 0 Å². The molecule has 3 saturated heterocycles. The van der Waals surface area contributed by atoms with Gasteiger partial charge in [0, 0.05) is 54.3 Å². The Morgan fingerprint density at radius 3 is 2.62 bits per heavy atom. The zero-order valence-electron chi connectivity index (χ0n) is 17.7. The van der Waals surface area contributed by atoms with Crippen LogP contribution in [0.3, 0.4) is 0 Å². The second-order valence-corrected chi connectivity index (χ2v) is 8.86. The molecule has 4 nitrogen and oxygen atoms in total. The van der Waals surface area contributed by atoms with Crippen LogP contribution in [0.2, 0.25) is 0 Å². The first-order valence-electron chi connectivity index (χ1n) is 10.9. The van der Waals surface area contributed by atoms with E-state index in [-0.39, 0.29) is 5.60 Å². The summed E-state index contributed by atoms with van der Waals surface area (Å²) in [6.45, 7) is 5.53. The maximum atomic E-state index is 6.98. The van der Waals surface area contributed by atoms with E-state index < -0.39 is 0 Å². The third kappa shape index (κ3) is 3.01. The van der Waals surface area contributed by atoms with E-state index in [9.17, 15) is 0 Å². The second kappa shape index (κ2) is 7.10. The Labute approximate surface area is 173 Å². The van der Waals surface area contributed by atoms with Gasteiger partial charge < -0.3 is 19.5 Å². The number of fused-ring (bicyclic) bond motifs is 6. The number of nitrogens with zero attached hydrogens (tertiary/aromatic N) is 2. The number of benzene rings is 2. The van der Waals surface area contributed by atoms with Crippen LogP contribution < -0.4 is 4.74 Å². The van der Waals surface area contributed by atoms with Crippen molar-refractivity contribution in [2.45, 2.75) is 31.8 Å². The van der Waals surface area contributed by atoms with Crippen LogP contribution in [0.1, 0.15) is 26.2 Å². The van der Waals surface area contributed by atoms with Gasteiger partial charge in [0.05, 0.1) is 11.2 Å². The van der Waals surface area contributed by atoms with Crippen molar-refractivity contribution >= 4 is 21.8 Å². The molecule has 0 spiro atoms. The molecule has 0 saturated carbocycles. The van der Waals surface area contributed by atoms with Crippen molar-refractivity contribution in [1.29, 1.82) is 0 Å². The van der Waals surface area contributed by atoms with Gasteiger partial charge in [-0.1, -0.05) is 24.3 Å². The molecule has 4 heterocycles. The molecule has 2 bridgehead atoms. The number of hydrogen-bond acceptors (Lipinski definition) is 3. The summed E-state index contributed by atoms with van der Waals surface area (Å²) in [5.41, 5.74) is 3.49. The molecule has 3 fully saturated rings. The number of ether oxygens (including phenoxy) is 1. The minimum absolute atomic E-state index is 0.227. The van der Waals surface area contributed by atoms with Crippen LogP contribution in [0.4, 0.5) is 0 Å². The summed E-state index contributed by atoms with van der Waals surface area (Å²) in [5, 5.41) is 2.53. The molecule has 29 heavy (non-hydrogen) atoms. The highest BCUT2D eigenvalue weighted by Gasteiger charge is 2.51. The Kier molecular flexibility index (Phi) is 4.54. The number of hydrogen-bond donors (Lipinski definition) is 1. The Morgan fingerprint density at radius 2 is 1.86 bits per heavy atom. The van der Waals surface area contributed by atoms with E-state index in [0.29, 0.717) is 5.92 Å². The van der Waals surface area contributed by atoms with Gasteiger partial charge in [-0.15, -0.1) is 0 Å². The first-order chi connectivity index (χ1) is 14.1. The van der Waals surface area contributed by atoms with Gasteiger partial charge in [0.1, 0.15) is 5.75 Å². The van der Waals surface area contributed by atoms with Gasteiger partial charge in [0.2, 0.25) is 0 Å². The first-order valence-corrected chi connectivity index (χ1v) is 10.9. The molecule has 1 unspecified atom stereocenters. The largest absolute Gasteiger partial charge is 0.481 e. The van der Waals surface area contributed by atoms with Crippen molar-refractivity contribution < 1.29 is 4.74 Å². The highest BCUT2D eigenvalue weighted by Crippen LogP contribution is 2.48. The van der Waals surface area contributed by atoms with E-state index >= 15 is 0 Å². The Morgan fingerprint density at radius 1 is 1.10 bits per heavy atom. The predicted octanol–water partition coefficient (Wildman–Crippen LogP) is 5.02. The summed E-state index contributed by atoms with van der Waals surface area (Å²) in [4.78, 5) is 8.39. The minimum Gasteiger partial charge on any atom is -0.481 e. The van der Waals surface area contributed by atoms with Gasteiger partial charge in [-0.2, -0.15) is 0 Å². The number of H-pyrrole nitrogens is 1. The lowest BCUT2D eigenvalue weighted by Crippen LogP contribution is -2.60. The fourth-order valence-corrected chi connectivity index (χ4v) is 5.51. The number of allylic oxidation sites excluding steroid dienone is 1. The van der Waals surface area contributed by atoms with Crippen molar-refractivity contribution in [3.05, 3.63) is 54.2 Å². The molecule has 3 aliphatic heterocycles. The lowest BCUT2D eigenvalue weighted by molar-refractivity contribution is -0.0602. The van der Waals surface area contributed by atoms with Crippen LogP contribution in [0.25, 0.3) is 21.8 Å². The number of aromatic nitrogens is 1. The smallest absolute Gasteiger partial charge is 0.152 e. The van der Waals surface area contributed by atoms with E-state index in [2.05, 4.69) is 84.3 Å². The van der Waals surface area contributed by atoms with E-state index in [0.717, 1.165) is 24.2 Å². The Bertz CT molecular complexity index is 1060. The van der Waals surface area contributed by atoms with Gasteiger partial charge in [-0.25, -0.2) is 0 Å². The third-order valence-corrected chi connectivity index (χ3v) is 6.91. The maximum absolute atomic E-state index is 6.98. The molecular formula is C25H31N3O. The van der Waals surface area contributed by atoms with Gasteiger partial charge in [0.15, 0.2) is 5.60 Å². The third-order valence-electron chi connectivity index (χ3n) is 6.91. The SMILES string of the molecule is CC=C1N2CCC(CC2)C1(CCN(C)C)Oc1ccc2c(c1)[nH]c1ccccc12. The lowest BCUT2D eigenvalue weighted by atomic mass is 9.70. The van der Waals surface area contributed by atoms with Crippen molar-refractivity contribution in [3.63, 3.8) is 0 Å². The van der Waals surface area contributed by atoms with Crippen LogP contribution in [-0.4, -0.2) is 54.1 Å². The molecule has 152 valence electrons. The molecule has 0 radical (unpaired) electrons. The van der Waals surface area contributed by atoms with Crippen molar-refractivity contribution in [1.82, 2.24) is 14.8 Å². The van der Waals surface area contributed by atoms with Crippen LogP contribution >= 0.6 is 0 Å². The number of aromatic amines is 1. The van der Waals surface area contributed by atoms with Gasteiger partial charge in [-0.05, 0) is 52.1 Å². The monoisotopic (exact) mass is 389 g/mol. The van der Waals surface area contributed by atoms with E-state index in [1.165, 1.54) is 47.9 Å². The normalized spacial score (nSPS) is 25.6. The molecule has 1 atom stereocenters. The molecule has 1 aromatic heterocycles. The molecule has 1 N–H and O–H groups in total. The van der Waals surface area contributed by atoms with Crippen LogP contribution in [0.5, 0.6) is 5.75 Å². The first kappa shape index (κ1) is 18.6. The number of para-hydroxylation sites is 1. The number of piperidine rings is 3. The van der Waals surface area contributed by atoms with E-state index in [4.69, 9.17) is 4.74 Å². The van der Waals surface area contributed by atoms with Crippen molar-refractivity contribution in [2.24, 2.45) is 5.92 Å². The molecule has 2 aromatic carbocycles. The van der Waals surface area contributed by atoms with Crippen molar-refractivity contribution in [2.75, 3.05) is 33.7 Å². The summed E-state index contributed by atoms with van der Waals surface area (Å²) in [6, 6.07) is 15.1. The molecule has 0 amide bonds. The highest BCUT2D eigenvalue weighted by atomic mass is 16.5. The van der Waals surface area contributed by atoms with Crippen LogP contribution in [0.15, 0.2) is 54.2 Å². The molecular weight excluding hydrogens is 358 g/mol. The zero-order valence-corrected chi connectivity index (χ0v) is 17.7. The summed E-state index contributed by atoms with van der Waals surface area (Å²) in [6.07, 6.45) is 5.76. The van der Waals surface area contributed by atoms with Gasteiger partial charge in [0.25, 0.3) is 0 Å². The fraction of sp³-hybridized carbons (Fsp3) is 0.440. The summed E-state index contributed by atoms with van der Waals surface area (Å²) >= 11 is 0. The molecule has 0 aliphatic carbocycles. The van der Waals surface area contributed by atoms with Gasteiger partial charge >= 0.3 is 0 Å². The minimum atomic E-state index is -0.227. The second-order valence-electron chi connectivity index (χ2n) is 8.86. The van der Waals surface area contributed by atoms with Crippen molar-refractivity contribution in [3.8, 4) is 5.75 Å². The number of rotatable bonds is 5. The molecule has 3 aliphatic rings. The van der Waals surface area contributed by atoms with Gasteiger partial charge in [-0.3, -0.25) is 0 Å². The topological polar surface area (TPSA) is 31.5 Å². The van der Waals surface area contributed by atoms with E-state index in [1.54, 1.807) is 0 Å². The maximum Gasteiger partial charge on any atom is 0.152 e. The molecule has 6 rings (SSSR count). The molecule has 3 aromatic rings. The average Bonchev–Trinajstić information content (AvgIpc) is 3.11. The Balaban J connectivity index is 1.56. The molecule has 4 heteroatoms.